The van der Waals surface area contributed by atoms with E-state index in [1.807, 2.05) is 32.0 Å². The Morgan fingerprint density at radius 1 is 1.08 bits per heavy atom. The number of nitrogens with one attached hydrogen (secondary N) is 1. The molecule has 0 saturated carbocycles. The lowest BCUT2D eigenvalue weighted by Gasteiger charge is -2.33. The first kappa shape index (κ1) is 25.9. The second kappa shape index (κ2) is 11.7. The molecule has 0 aromatic heterocycles. The van der Waals surface area contributed by atoms with Crippen molar-refractivity contribution in [3.05, 3.63) is 65.2 Å². The highest BCUT2D eigenvalue weighted by molar-refractivity contribution is 6.05. The molecule has 3 N–H and O–H groups in total. The van der Waals surface area contributed by atoms with Crippen LogP contribution in [0.25, 0.3) is 0 Å². The number of likely N-dealkylation sites (tertiary alicyclic amines) is 1. The van der Waals surface area contributed by atoms with E-state index in [0.29, 0.717) is 24.6 Å². The number of nitrogens with zero attached hydrogens (tertiary/aromatic N) is 2. The Morgan fingerprint density at radius 3 is 2.56 bits per heavy atom. The fraction of sp³-hybridized carbons (Fsp3) is 0.464. The molecular weight excluding hydrogens is 456 g/mol. The van der Waals surface area contributed by atoms with Gasteiger partial charge in [0.1, 0.15) is 17.9 Å². The normalized spacial score (nSPS) is 22.1. The number of imide groups is 1. The van der Waals surface area contributed by atoms with E-state index >= 15 is 0 Å². The van der Waals surface area contributed by atoms with Gasteiger partial charge < -0.3 is 15.4 Å². The maximum atomic E-state index is 12.9. The van der Waals surface area contributed by atoms with Gasteiger partial charge in [-0.15, -0.1) is 0 Å². The van der Waals surface area contributed by atoms with Crippen molar-refractivity contribution in [1.82, 2.24) is 15.1 Å². The zero-order valence-electron chi connectivity index (χ0n) is 21.1. The lowest BCUT2D eigenvalue weighted by atomic mass is 10.0. The fourth-order valence-corrected chi connectivity index (χ4v) is 4.91. The summed E-state index contributed by atoms with van der Waals surface area (Å²) in [7, 11) is 0. The third-order valence-corrected chi connectivity index (χ3v) is 6.51. The average Bonchev–Trinajstić information content (AvgIpc) is 3.15. The molecule has 0 spiro atoms. The van der Waals surface area contributed by atoms with Crippen molar-refractivity contribution in [3.63, 3.8) is 0 Å². The molecule has 2 fully saturated rings. The van der Waals surface area contributed by atoms with Crippen LogP contribution in [0, 0.1) is 0 Å². The predicted molar refractivity (Wildman–Crippen MR) is 137 cm³/mol. The first-order valence-corrected chi connectivity index (χ1v) is 12.8. The molecule has 3 aliphatic heterocycles. The predicted octanol–water partition coefficient (Wildman–Crippen LogP) is 2.84. The highest BCUT2D eigenvalue weighted by atomic mass is 16.5. The average molecular weight is 493 g/mol. The molecule has 8 heteroatoms. The molecule has 2 aromatic carbocycles. The molecule has 2 atom stereocenters. The number of hydrogen-bond acceptors (Lipinski definition) is 6. The minimum absolute atomic E-state index is 0.105. The van der Waals surface area contributed by atoms with Crippen molar-refractivity contribution in [2.75, 3.05) is 13.1 Å². The van der Waals surface area contributed by atoms with Gasteiger partial charge >= 0.3 is 0 Å². The van der Waals surface area contributed by atoms with Crippen LogP contribution in [0.2, 0.25) is 0 Å². The van der Waals surface area contributed by atoms with Crippen LogP contribution < -0.4 is 15.8 Å². The zero-order valence-corrected chi connectivity index (χ0v) is 21.1. The van der Waals surface area contributed by atoms with Crippen molar-refractivity contribution in [2.45, 2.75) is 70.8 Å². The Labute approximate surface area is 212 Å². The van der Waals surface area contributed by atoms with E-state index in [-0.39, 0.29) is 30.2 Å². The lowest BCUT2D eigenvalue weighted by molar-refractivity contribution is -0.136. The van der Waals surface area contributed by atoms with Gasteiger partial charge in [0.05, 0.1) is 0 Å². The standard InChI is InChI=1S/C25H27N3O4.C3H9N/c29-23-11-10-22(24(30)26-23)28-15-18-13-19(8-9-21(18)25(28)31)32-20-7-4-12-27(16-20)14-17-5-2-1-3-6-17;1-3(2)4/h1-3,5-6,8-9,13,20,22H,4,7,10-12,14-16H2,(H,26,29,30);3H,4H2,1-2H3. The van der Waals surface area contributed by atoms with Crippen LogP contribution in [-0.2, 0) is 22.7 Å². The maximum Gasteiger partial charge on any atom is 0.255 e. The molecule has 2 aromatic rings. The molecule has 3 amide bonds. The van der Waals surface area contributed by atoms with Gasteiger partial charge in [-0.2, -0.15) is 0 Å². The molecule has 3 aliphatic rings. The molecule has 2 unspecified atom stereocenters. The van der Waals surface area contributed by atoms with E-state index in [2.05, 4.69) is 34.5 Å². The van der Waals surface area contributed by atoms with Crippen LogP contribution in [0.4, 0.5) is 0 Å². The van der Waals surface area contributed by atoms with Crippen LogP contribution in [0.15, 0.2) is 48.5 Å². The smallest absolute Gasteiger partial charge is 0.255 e. The van der Waals surface area contributed by atoms with Crippen LogP contribution in [0.5, 0.6) is 5.75 Å². The monoisotopic (exact) mass is 492 g/mol. The number of benzene rings is 2. The molecular formula is C28H36N4O4. The van der Waals surface area contributed by atoms with Gasteiger partial charge in [0, 0.05) is 31.6 Å². The van der Waals surface area contributed by atoms with E-state index in [1.165, 1.54) is 5.56 Å². The van der Waals surface area contributed by atoms with Crippen LogP contribution >= 0.6 is 0 Å². The second-order valence-electron chi connectivity index (χ2n) is 10.1. The van der Waals surface area contributed by atoms with Crippen molar-refractivity contribution < 1.29 is 19.1 Å². The molecule has 36 heavy (non-hydrogen) atoms. The summed E-state index contributed by atoms with van der Waals surface area (Å²) in [6, 6.07) is 15.8. The van der Waals surface area contributed by atoms with Gasteiger partial charge in [0.25, 0.3) is 5.91 Å². The second-order valence-corrected chi connectivity index (χ2v) is 10.1. The van der Waals surface area contributed by atoms with Crippen molar-refractivity contribution >= 4 is 17.7 Å². The first-order chi connectivity index (χ1) is 17.3. The summed E-state index contributed by atoms with van der Waals surface area (Å²) in [4.78, 5) is 40.5. The summed E-state index contributed by atoms with van der Waals surface area (Å²) in [6.45, 7) is 7.10. The van der Waals surface area contributed by atoms with E-state index in [1.54, 1.807) is 11.0 Å². The number of carbonyl (C=O) groups excluding carboxylic acids is 3. The Balaban J connectivity index is 0.000000709. The number of rotatable bonds is 5. The summed E-state index contributed by atoms with van der Waals surface area (Å²) in [5.74, 6) is -0.0690. The van der Waals surface area contributed by atoms with Gasteiger partial charge in [-0.25, -0.2) is 0 Å². The number of carbonyl (C=O) groups is 3. The quantitative estimate of drug-likeness (QED) is 0.622. The number of fused-ring (bicyclic) bond motifs is 1. The van der Waals surface area contributed by atoms with Crippen LogP contribution in [0.3, 0.4) is 0 Å². The molecule has 0 aliphatic carbocycles. The topological polar surface area (TPSA) is 105 Å². The molecule has 192 valence electrons. The van der Waals surface area contributed by atoms with Crippen LogP contribution in [0.1, 0.15) is 61.0 Å². The molecule has 8 nitrogen and oxygen atoms in total. The molecule has 0 radical (unpaired) electrons. The Kier molecular flexibility index (Phi) is 8.38. The Bertz CT molecular complexity index is 1090. The van der Waals surface area contributed by atoms with E-state index in [9.17, 15) is 14.4 Å². The van der Waals surface area contributed by atoms with Gasteiger partial charge in [0.15, 0.2) is 0 Å². The van der Waals surface area contributed by atoms with Crippen LogP contribution in [-0.4, -0.2) is 58.8 Å². The van der Waals surface area contributed by atoms with Crippen molar-refractivity contribution in [3.8, 4) is 5.75 Å². The molecule has 3 heterocycles. The first-order valence-electron chi connectivity index (χ1n) is 12.8. The number of nitrogens with two attached hydrogens (primary N) is 1. The number of amides is 3. The molecule has 2 saturated heterocycles. The van der Waals surface area contributed by atoms with Gasteiger partial charge in [0.2, 0.25) is 11.8 Å². The number of piperidine rings is 2. The lowest BCUT2D eigenvalue weighted by Crippen LogP contribution is -2.52. The van der Waals surface area contributed by atoms with E-state index in [0.717, 1.165) is 43.8 Å². The molecule has 0 bridgehead atoms. The minimum Gasteiger partial charge on any atom is -0.489 e. The minimum atomic E-state index is -0.596. The van der Waals surface area contributed by atoms with Gasteiger partial charge in [-0.05, 0) is 61.2 Å². The van der Waals surface area contributed by atoms with Crippen molar-refractivity contribution in [1.29, 1.82) is 0 Å². The highest BCUT2D eigenvalue weighted by Crippen LogP contribution is 2.31. The summed E-state index contributed by atoms with van der Waals surface area (Å²) in [5, 5.41) is 2.34. The Morgan fingerprint density at radius 2 is 1.83 bits per heavy atom. The van der Waals surface area contributed by atoms with E-state index in [4.69, 9.17) is 10.5 Å². The molecule has 5 rings (SSSR count). The summed E-state index contributed by atoms with van der Waals surface area (Å²) < 4.78 is 6.30. The summed E-state index contributed by atoms with van der Waals surface area (Å²) in [6.07, 6.45) is 2.82. The third-order valence-electron chi connectivity index (χ3n) is 6.51. The SMILES string of the molecule is CC(C)N.O=C1CCC(N2Cc3cc(OC4CCCN(Cc5ccccc5)C4)ccc3C2=O)C(=O)N1. The Hall–Kier alpha value is -3.23. The van der Waals surface area contributed by atoms with Gasteiger partial charge in [-0.3, -0.25) is 24.6 Å². The zero-order chi connectivity index (χ0) is 25.7. The largest absolute Gasteiger partial charge is 0.489 e. The van der Waals surface area contributed by atoms with Gasteiger partial charge in [-0.1, -0.05) is 44.2 Å². The third kappa shape index (κ3) is 6.50. The summed E-state index contributed by atoms with van der Waals surface area (Å²) >= 11 is 0. The number of hydrogen-bond donors (Lipinski definition) is 2. The maximum absolute atomic E-state index is 12.9. The summed E-state index contributed by atoms with van der Waals surface area (Å²) in [5.41, 5.74) is 7.89. The highest BCUT2D eigenvalue weighted by Gasteiger charge is 2.39. The van der Waals surface area contributed by atoms with E-state index < -0.39 is 6.04 Å². The fourth-order valence-electron chi connectivity index (χ4n) is 4.91. The number of ether oxygens (including phenoxy) is 1. The van der Waals surface area contributed by atoms with Crippen molar-refractivity contribution in [2.24, 2.45) is 5.73 Å².